The minimum absolute atomic E-state index is 0.0600. The number of halogens is 3. The van der Waals surface area contributed by atoms with Gasteiger partial charge in [0.25, 0.3) is 0 Å². The van der Waals surface area contributed by atoms with Crippen molar-refractivity contribution in [1.29, 1.82) is 0 Å². The van der Waals surface area contributed by atoms with E-state index in [0.717, 1.165) is 0 Å². The summed E-state index contributed by atoms with van der Waals surface area (Å²) >= 11 is 0. The average molecular weight is 507 g/mol. The molecule has 0 saturated carbocycles. The van der Waals surface area contributed by atoms with Gasteiger partial charge in [0.2, 0.25) is 0 Å². The number of hydrogen-bond acceptors (Lipinski definition) is 4. The molecule has 190 valence electrons. The van der Waals surface area contributed by atoms with Crippen LogP contribution in [0.3, 0.4) is 0 Å². The van der Waals surface area contributed by atoms with E-state index in [-0.39, 0.29) is 10.6 Å². The Morgan fingerprint density at radius 2 is 1.46 bits per heavy atom. The molecule has 0 aliphatic carbocycles. The summed E-state index contributed by atoms with van der Waals surface area (Å²) in [6.45, 7) is 13.2. The van der Waals surface area contributed by atoms with Gasteiger partial charge >= 0.3 is 6.18 Å². The number of nitrogens with zero attached hydrogens (tertiary/aromatic N) is 2. The second kappa shape index (κ2) is 10.1. The van der Waals surface area contributed by atoms with Gasteiger partial charge in [-0.15, -0.1) is 0 Å². The Kier molecular flexibility index (Phi) is 7.71. The highest BCUT2D eigenvalue weighted by atomic mass is 28.4. The van der Waals surface area contributed by atoms with Crippen molar-refractivity contribution >= 4 is 8.32 Å². The van der Waals surface area contributed by atoms with Crippen LogP contribution in [0, 0.1) is 6.92 Å². The van der Waals surface area contributed by atoms with Crippen LogP contribution < -0.4 is 9.47 Å². The lowest BCUT2D eigenvalue weighted by molar-refractivity contribution is -0.141. The molecular weight excluding hydrogens is 473 g/mol. The van der Waals surface area contributed by atoms with E-state index in [9.17, 15) is 13.2 Å². The molecule has 0 aliphatic rings. The van der Waals surface area contributed by atoms with Crippen molar-refractivity contribution in [3.8, 4) is 28.4 Å². The third-order valence-electron chi connectivity index (χ3n) is 6.46. The summed E-state index contributed by atoms with van der Waals surface area (Å²) in [5.74, 6) is 1.23. The fraction of sp³-hybridized carbons (Fsp3) is 0.423. The van der Waals surface area contributed by atoms with E-state index in [1.54, 1.807) is 48.5 Å². The van der Waals surface area contributed by atoms with Crippen LogP contribution in [-0.4, -0.2) is 38.4 Å². The number of hydrogen-bond donors (Lipinski definition) is 0. The quantitative estimate of drug-likeness (QED) is 0.238. The molecule has 0 atom stereocenters. The Bertz CT molecular complexity index is 1130. The van der Waals surface area contributed by atoms with Crippen molar-refractivity contribution in [1.82, 2.24) is 9.78 Å². The fourth-order valence-electron chi connectivity index (χ4n) is 3.40. The van der Waals surface area contributed by atoms with Crippen molar-refractivity contribution in [2.75, 3.05) is 20.3 Å². The Labute approximate surface area is 206 Å². The second-order valence-corrected chi connectivity index (χ2v) is 14.7. The van der Waals surface area contributed by atoms with Gasteiger partial charge in [-0.25, -0.2) is 4.68 Å². The number of rotatable bonds is 8. The zero-order chi connectivity index (χ0) is 26.0. The van der Waals surface area contributed by atoms with Crippen molar-refractivity contribution in [2.45, 2.75) is 52.0 Å². The highest BCUT2D eigenvalue weighted by Crippen LogP contribution is 2.38. The first-order valence-corrected chi connectivity index (χ1v) is 14.3. The molecule has 3 aromatic rings. The molecule has 1 aromatic heterocycles. The molecular formula is C26H33F3N2O3Si. The molecule has 0 radical (unpaired) electrons. The summed E-state index contributed by atoms with van der Waals surface area (Å²) in [6, 6.07) is 13.7. The van der Waals surface area contributed by atoms with E-state index < -0.39 is 20.2 Å². The van der Waals surface area contributed by atoms with Crippen LogP contribution in [0.15, 0.2) is 48.5 Å². The van der Waals surface area contributed by atoms with Crippen molar-refractivity contribution in [2.24, 2.45) is 0 Å². The van der Waals surface area contributed by atoms with Gasteiger partial charge in [0.15, 0.2) is 14.0 Å². The van der Waals surface area contributed by atoms with Gasteiger partial charge in [-0.1, -0.05) is 20.8 Å². The fourth-order valence-corrected chi connectivity index (χ4v) is 4.42. The van der Waals surface area contributed by atoms with E-state index in [1.165, 1.54) is 18.7 Å². The minimum atomic E-state index is -4.57. The molecule has 0 fully saturated rings. The van der Waals surface area contributed by atoms with E-state index in [1.807, 2.05) is 0 Å². The Morgan fingerprint density at radius 3 is 1.97 bits per heavy atom. The molecule has 1 heterocycles. The van der Waals surface area contributed by atoms with Crippen LogP contribution in [0.5, 0.6) is 11.5 Å². The molecule has 0 bridgehead atoms. The summed E-state index contributed by atoms with van der Waals surface area (Å²) in [6.07, 6.45) is -4.57. The van der Waals surface area contributed by atoms with Gasteiger partial charge in [-0.2, -0.15) is 18.3 Å². The predicted octanol–water partition coefficient (Wildman–Crippen LogP) is 7.28. The zero-order valence-electron chi connectivity index (χ0n) is 21.3. The van der Waals surface area contributed by atoms with Gasteiger partial charge < -0.3 is 13.9 Å². The standard InChI is InChI=1S/C26H33F3N2O3Si/c1-18-23(31(30-24(18)26(27,28)29)20-10-14-21(32-5)15-11-20)19-8-12-22(13-9-19)33-16-17-34-35(6,7)25(2,3)4/h8-15H,16-17H2,1-7H3. The molecule has 3 rings (SSSR count). The molecule has 35 heavy (non-hydrogen) atoms. The van der Waals surface area contributed by atoms with Gasteiger partial charge in [0, 0.05) is 11.1 Å². The van der Waals surface area contributed by atoms with Crippen LogP contribution >= 0.6 is 0 Å². The molecule has 0 spiro atoms. The van der Waals surface area contributed by atoms with Crippen LogP contribution in [0.4, 0.5) is 13.2 Å². The number of methoxy groups -OCH3 is 1. The predicted molar refractivity (Wildman–Crippen MR) is 134 cm³/mol. The van der Waals surface area contributed by atoms with E-state index in [0.29, 0.717) is 41.7 Å². The van der Waals surface area contributed by atoms with Crippen molar-refractivity contribution in [3.63, 3.8) is 0 Å². The Hall–Kier alpha value is -2.78. The molecule has 9 heteroatoms. The lowest BCUT2D eigenvalue weighted by Crippen LogP contribution is -2.41. The average Bonchev–Trinajstić information content (AvgIpc) is 3.14. The molecule has 0 unspecified atom stereocenters. The van der Waals surface area contributed by atoms with Crippen molar-refractivity contribution < 1.29 is 27.1 Å². The monoisotopic (exact) mass is 506 g/mol. The first-order valence-electron chi connectivity index (χ1n) is 11.4. The minimum Gasteiger partial charge on any atom is -0.497 e. The topological polar surface area (TPSA) is 45.5 Å². The molecule has 0 saturated heterocycles. The van der Waals surface area contributed by atoms with Crippen LogP contribution in [0.2, 0.25) is 18.1 Å². The number of ether oxygens (including phenoxy) is 2. The van der Waals surface area contributed by atoms with Crippen LogP contribution in [0.25, 0.3) is 16.9 Å². The Morgan fingerprint density at radius 1 is 0.886 bits per heavy atom. The molecule has 2 aromatic carbocycles. The Balaban J connectivity index is 1.83. The third-order valence-corrected chi connectivity index (χ3v) is 11.0. The molecule has 0 aliphatic heterocycles. The number of alkyl halides is 3. The zero-order valence-corrected chi connectivity index (χ0v) is 22.3. The lowest BCUT2D eigenvalue weighted by Gasteiger charge is -2.36. The highest BCUT2D eigenvalue weighted by molar-refractivity contribution is 6.74. The lowest BCUT2D eigenvalue weighted by atomic mass is 10.1. The summed E-state index contributed by atoms with van der Waals surface area (Å²) in [5.41, 5.74) is 0.625. The maximum Gasteiger partial charge on any atom is 0.435 e. The summed E-state index contributed by atoms with van der Waals surface area (Å²) in [5, 5.41) is 4.04. The number of benzene rings is 2. The summed E-state index contributed by atoms with van der Waals surface area (Å²) in [7, 11) is -0.319. The van der Waals surface area contributed by atoms with Crippen molar-refractivity contribution in [3.05, 3.63) is 59.8 Å². The SMILES string of the molecule is COc1ccc(-n2nc(C(F)(F)F)c(C)c2-c2ccc(OCCO[Si](C)(C)C(C)(C)C)cc2)cc1. The van der Waals surface area contributed by atoms with E-state index in [4.69, 9.17) is 13.9 Å². The normalized spacial score (nSPS) is 12.6. The highest BCUT2D eigenvalue weighted by Gasteiger charge is 2.38. The van der Waals surface area contributed by atoms with Gasteiger partial charge in [-0.05, 0) is 73.6 Å². The second-order valence-electron chi connectivity index (χ2n) is 9.91. The molecule has 0 N–H and O–H groups in total. The summed E-state index contributed by atoms with van der Waals surface area (Å²) < 4.78 is 59.4. The summed E-state index contributed by atoms with van der Waals surface area (Å²) in [4.78, 5) is 0. The molecule has 0 amide bonds. The van der Waals surface area contributed by atoms with E-state index in [2.05, 4.69) is 39.0 Å². The smallest absolute Gasteiger partial charge is 0.435 e. The van der Waals surface area contributed by atoms with E-state index >= 15 is 0 Å². The maximum atomic E-state index is 13.7. The maximum absolute atomic E-state index is 13.7. The van der Waals surface area contributed by atoms with Gasteiger partial charge in [0.05, 0.1) is 25.1 Å². The van der Waals surface area contributed by atoms with Crippen LogP contribution in [-0.2, 0) is 10.6 Å². The van der Waals surface area contributed by atoms with Gasteiger partial charge in [0.1, 0.15) is 18.1 Å². The molecule has 5 nitrogen and oxygen atoms in total. The largest absolute Gasteiger partial charge is 0.497 e. The third kappa shape index (κ3) is 6.08. The number of aromatic nitrogens is 2. The van der Waals surface area contributed by atoms with Gasteiger partial charge in [-0.3, -0.25) is 0 Å². The first-order chi connectivity index (χ1) is 16.2. The van der Waals surface area contributed by atoms with Crippen LogP contribution in [0.1, 0.15) is 32.0 Å². The first kappa shape index (κ1) is 26.8.